The topological polar surface area (TPSA) is 0 Å². The zero-order valence-corrected chi connectivity index (χ0v) is 18.7. The summed E-state index contributed by atoms with van der Waals surface area (Å²) in [6.45, 7) is 0. The fourth-order valence-electron chi connectivity index (χ4n) is 5.24. The Hall–Kier alpha value is -4.42. The molecule has 7 aromatic carbocycles. The Labute approximate surface area is 198 Å². The van der Waals surface area contributed by atoms with E-state index in [2.05, 4.69) is 133 Å². The van der Waals surface area contributed by atoms with E-state index in [1.807, 2.05) is 0 Å². The summed E-state index contributed by atoms with van der Waals surface area (Å²) in [5.74, 6) is 0. The van der Waals surface area contributed by atoms with Crippen LogP contribution in [-0.2, 0) is 0 Å². The second kappa shape index (κ2) is 7.57. The predicted molar refractivity (Wildman–Crippen MR) is 147 cm³/mol. The van der Waals surface area contributed by atoms with Crippen LogP contribution in [-0.4, -0.2) is 0 Å². The van der Waals surface area contributed by atoms with Crippen LogP contribution in [0.5, 0.6) is 0 Å². The second-order valence-electron chi connectivity index (χ2n) is 9.03. The molecule has 0 aliphatic carbocycles. The van der Waals surface area contributed by atoms with Crippen LogP contribution in [0.15, 0.2) is 133 Å². The number of benzene rings is 7. The van der Waals surface area contributed by atoms with Crippen molar-refractivity contribution in [1.82, 2.24) is 0 Å². The van der Waals surface area contributed by atoms with Crippen molar-refractivity contribution < 1.29 is 0 Å². The summed E-state index contributed by atoms with van der Waals surface area (Å²) in [6, 6.07) is 48.7. The van der Waals surface area contributed by atoms with E-state index in [0.717, 1.165) is 0 Å². The molecule has 158 valence electrons. The van der Waals surface area contributed by atoms with Gasteiger partial charge in [0.2, 0.25) is 0 Å². The fourth-order valence-corrected chi connectivity index (χ4v) is 5.24. The van der Waals surface area contributed by atoms with Gasteiger partial charge >= 0.3 is 0 Å². The van der Waals surface area contributed by atoms with E-state index in [4.69, 9.17) is 0 Å². The SMILES string of the molecule is c1ccc(-c2ccc3ccc(-c4ccc5ccc6ccc7ccccc7c6c5c4)cc3c2)cc1. The van der Waals surface area contributed by atoms with Crippen LogP contribution in [0.4, 0.5) is 0 Å². The van der Waals surface area contributed by atoms with Crippen LogP contribution in [0, 0.1) is 0 Å². The first kappa shape index (κ1) is 19.1. The predicted octanol–water partition coefficient (Wildman–Crippen LogP) is 9.63. The maximum atomic E-state index is 2.37. The van der Waals surface area contributed by atoms with E-state index in [0.29, 0.717) is 0 Å². The standard InChI is InChI=1S/C34H22/c1-2-6-23(7-3-1)28-17-10-24-11-18-29(21-31(24)20-28)30-19-14-26-13-16-27-15-12-25-8-4-5-9-32(25)34(27)33(26)22-30/h1-22H. The van der Waals surface area contributed by atoms with Gasteiger partial charge in [0, 0.05) is 0 Å². The van der Waals surface area contributed by atoms with Gasteiger partial charge < -0.3 is 0 Å². The van der Waals surface area contributed by atoms with Gasteiger partial charge in [-0.2, -0.15) is 0 Å². The molecule has 0 radical (unpaired) electrons. The van der Waals surface area contributed by atoms with Gasteiger partial charge in [-0.25, -0.2) is 0 Å². The minimum atomic E-state index is 1.25. The summed E-state index contributed by atoms with van der Waals surface area (Å²) in [5, 5.41) is 10.3. The molecule has 7 aromatic rings. The molecule has 0 saturated heterocycles. The maximum Gasteiger partial charge on any atom is -0.00266 e. The summed E-state index contributed by atoms with van der Waals surface area (Å²) in [4.78, 5) is 0. The van der Waals surface area contributed by atoms with E-state index in [1.165, 1.54) is 65.3 Å². The van der Waals surface area contributed by atoms with Crippen molar-refractivity contribution in [2.24, 2.45) is 0 Å². The Morgan fingerprint density at radius 3 is 1.56 bits per heavy atom. The van der Waals surface area contributed by atoms with Gasteiger partial charge in [0.25, 0.3) is 0 Å². The molecule has 0 N–H and O–H groups in total. The van der Waals surface area contributed by atoms with Crippen molar-refractivity contribution >= 4 is 43.1 Å². The van der Waals surface area contributed by atoms with Gasteiger partial charge in [-0.15, -0.1) is 0 Å². The molecule has 0 unspecified atom stereocenters. The second-order valence-corrected chi connectivity index (χ2v) is 9.03. The molecule has 0 aliphatic heterocycles. The van der Waals surface area contributed by atoms with Crippen molar-refractivity contribution in [1.29, 1.82) is 0 Å². The minimum absolute atomic E-state index is 1.25. The summed E-state index contributed by atoms with van der Waals surface area (Å²) in [6.07, 6.45) is 0. The normalized spacial score (nSPS) is 11.5. The van der Waals surface area contributed by atoms with Gasteiger partial charge in [-0.3, -0.25) is 0 Å². The van der Waals surface area contributed by atoms with E-state index < -0.39 is 0 Å². The van der Waals surface area contributed by atoms with Crippen LogP contribution in [0.25, 0.3) is 65.3 Å². The summed E-state index contributed by atoms with van der Waals surface area (Å²) in [5.41, 5.74) is 5.00. The van der Waals surface area contributed by atoms with E-state index in [-0.39, 0.29) is 0 Å². The molecule has 0 nitrogen and oxygen atoms in total. The van der Waals surface area contributed by atoms with Crippen LogP contribution in [0.2, 0.25) is 0 Å². The molecule has 0 fully saturated rings. The monoisotopic (exact) mass is 430 g/mol. The molecule has 0 bridgehead atoms. The van der Waals surface area contributed by atoms with Crippen LogP contribution >= 0.6 is 0 Å². The van der Waals surface area contributed by atoms with E-state index >= 15 is 0 Å². The van der Waals surface area contributed by atoms with E-state index in [9.17, 15) is 0 Å². The van der Waals surface area contributed by atoms with Crippen LogP contribution in [0.3, 0.4) is 0 Å². The Kier molecular flexibility index (Phi) is 4.25. The first-order valence-corrected chi connectivity index (χ1v) is 11.8. The molecule has 0 heteroatoms. The third-order valence-electron chi connectivity index (χ3n) is 7.01. The van der Waals surface area contributed by atoms with Crippen molar-refractivity contribution in [2.45, 2.75) is 0 Å². The zero-order chi connectivity index (χ0) is 22.5. The van der Waals surface area contributed by atoms with Crippen molar-refractivity contribution in [3.05, 3.63) is 133 Å². The fraction of sp³-hybridized carbons (Fsp3) is 0. The van der Waals surface area contributed by atoms with Crippen LogP contribution in [0.1, 0.15) is 0 Å². The molecule has 0 aromatic heterocycles. The lowest BCUT2D eigenvalue weighted by Gasteiger charge is -2.11. The molecule has 0 saturated carbocycles. The highest BCUT2D eigenvalue weighted by Crippen LogP contribution is 2.35. The highest BCUT2D eigenvalue weighted by atomic mass is 14.1. The average molecular weight is 431 g/mol. The first-order valence-electron chi connectivity index (χ1n) is 11.8. The van der Waals surface area contributed by atoms with E-state index in [1.54, 1.807) is 0 Å². The minimum Gasteiger partial charge on any atom is -0.0622 e. The first-order chi connectivity index (χ1) is 16.8. The van der Waals surface area contributed by atoms with Gasteiger partial charge in [0.1, 0.15) is 0 Å². The quantitative estimate of drug-likeness (QED) is 0.239. The Bertz CT molecular complexity index is 1840. The number of hydrogen-bond donors (Lipinski definition) is 0. The third kappa shape index (κ3) is 3.08. The highest BCUT2D eigenvalue weighted by Gasteiger charge is 2.08. The third-order valence-corrected chi connectivity index (χ3v) is 7.01. The molecule has 34 heavy (non-hydrogen) atoms. The van der Waals surface area contributed by atoms with Crippen LogP contribution < -0.4 is 0 Å². The average Bonchev–Trinajstić information content (AvgIpc) is 2.92. The molecule has 0 heterocycles. The van der Waals surface area contributed by atoms with Crippen molar-refractivity contribution in [2.75, 3.05) is 0 Å². The van der Waals surface area contributed by atoms with Gasteiger partial charge in [0.15, 0.2) is 0 Å². The smallest absolute Gasteiger partial charge is 0.00266 e. The van der Waals surface area contributed by atoms with Crippen molar-refractivity contribution in [3.8, 4) is 22.3 Å². The Balaban J connectivity index is 1.44. The molecule has 0 amide bonds. The Morgan fingerprint density at radius 2 is 0.794 bits per heavy atom. The molecular weight excluding hydrogens is 408 g/mol. The molecule has 0 atom stereocenters. The van der Waals surface area contributed by atoms with Gasteiger partial charge in [0.05, 0.1) is 0 Å². The van der Waals surface area contributed by atoms with Gasteiger partial charge in [-0.05, 0) is 83.5 Å². The zero-order valence-electron chi connectivity index (χ0n) is 18.7. The Morgan fingerprint density at radius 1 is 0.265 bits per heavy atom. The molecular formula is C34H22. The van der Waals surface area contributed by atoms with Gasteiger partial charge in [-0.1, -0.05) is 115 Å². The summed E-state index contributed by atoms with van der Waals surface area (Å²) >= 11 is 0. The summed E-state index contributed by atoms with van der Waals surface area (Å²) in [7, 11) is 0. The van der Waals surface area contributed by atoms with Crippen molar-refractivity contribution in [3.63, 3.8) is 0 Å². The highest BCUT2D eigenvalue weighted by molar-refractivity contribution is 6.20. The number of fused-ring (bicyclic) bond motifs is 6. The number of hydrogen-bond acceptors (Lipinski definition) is 0. The maximum absolute atomic E-state index is 2.37. The molecule has 0 spiro atoms. The lowest BCUT2D eigenvalue weighted by Crippen LogP contribution is -1.84. The summed E-state index contributed by atoms with van der Waals surface area (Å²) < 4.78 is 0. The molecule has 7 rings (SSSR count). The largest absolute Gasteiger partial charge is 0.0622 e. The number of rotatable bonds is 2. The lowest BCUT2D eigenvalue weighted by atomic mass is 9.93. The lowest BCUT2D eigenvalue weighted by molar-refractivity contribution is 1.64. The molecule has 0 aliphatic rings.